The molecule has 17 heavy (non-hydrogen) atoms. The van der Waals surface area contributed by atoms with Gasteiger partial charge in [-0.3, -0.25) is 0 Å². The molecule has 0 radical (unpaired) electrons. The van der Waals surface area contributed by atoms with Crippen LogP contribution < -0.4 is 10.6 Å². The van der Waals surface area contributed by atoms with E-state index in [1.807, 2.05) is 4.90 Å². The normalized spacial score (nSPS) is 21.6. The molecule has 2 N–H and O–H groups in total. The lowest BCUT2D eigenvalue weighted by Crippen LogP contribution is -2.42. The quantitative estimate of drug-likeness (QED) is 0.822. The molecule has 0 unspecified atom stereocenters. The Bertz CT molecular complexity index is 372. The predicted octanol–water partition coefficient (Wildman–Crippen LogP) is 2.63. The molecular formula is C12H15F3N2. The number of benzene rings is 1. The monoisotopic (exact) mass is 244 g/mol. The number of anilines is 1. The SMILES string of the molecule is N[C@H]1CCCN(c2ccc(C(F)(F)F)cc2)C1. The number of hydrogen-bond acceptors (Lipinski definition) is 2. The summed E-state index contributed by atoms with van der Waals surface area (Å²) in [5, 5.41) is 0. The van der Waals surface area contributed by atoms with Crippen molar-refractivity contribution in [2.75, 3.05) is 18.0 Å². The Labute approximate surface area is 98.2 Å². The first kappa shape index (κ1) is 12.2. The van der Waals surface area contributed by atoms with Crippen molar-refractivity contribution >= 4 is 5.69 Å². The molecule has 0 amide bonds. The largest absolute Gasteiger partial charge is 0.416 e. The molecule has 0 aliphatic carbocycles. The summed E-state index contributed by atoms with van der Waals surface area (Å²) in [6.45, 7) is 1.57. The Balaban J connectivity index is 2.12. The highest BCUT2D eigenvalue weighted by atomic mass is 19.4. The van der Waals surface area contributed by atoms with Crippen molar-refractivity contribution in [3.63, 3.8) is 0 Å². The minimum atomic E-state index is -4.27. The van der Waals surface area contributed by atoms with Gasteiger partial charge in [0.2, 0.25) is 0 Å². The average Bonchev–Trinajstić information content (AvgIpc) is 2.28. The van der Waals surface area contributed by atoms with Gasteiger partial charge in [0, 0.05) is 24.8 Å². The van der Waals surface area contributed by atoms with Crippen LogP contribution in [0.5, 0.6) is 0 Å². The zero-order valence-electron chi connectivity index (χ0n) is 9.37. The number of nitrogens with zero attached hydrogens (tertiary/aromatic N) is 1. The molecule has 1 fully saturated rings. The number of rotatable bonds is 1. The lowest BCUT2D eigenvalue weighted by Gasteiger charge is -2.32. The Morgan fingerprint density at radius 1 is 1.18 bits per heavy atom. The van der Waals surface area contributed by atoms with Gasteiger partial charge in [0.15, 0.2) is 0 Å². The number of alkyl halides is 3. The molecule has 2 nitrogen and oxygen atoms in total. The molecule has 1 aliphatic heterocycles. The topological polar surface area (TPSA) is 29.3 Å². The molecule has 2 rings (SSSR count). The first-order chi connectivity index (χ1) is 7.97. The summed E-state index contributed by atoms with van der Waals surface area (Å²) in [7, 11) is 0. The molecule has 0 spiro atoms. The summed E-state index contributed by atoms with van der Waals surface area (Å²) in [6.07, 6.45) is -2.30. The maximum atomic E-state index is 12.4. The minimum absolute atomic E-state index is 0.117. The van der Waals surface area contributed by atoms with Gasteiger partial charge in [-0.25, -0.2) is 0 Å². The van der Waals surface area contributed by atoms with Crippen LogP contribution in [0.15, 0.2) is 24.3 Å². The van der Waals surface area contributed by atoms with E-state index < -0.39 is 11.7 Å². The third-order valence-corrected chi connectivity index (χ3v) is 3.02. The maximum absolute atomic E-state index is 12.4. The van der Waals surface area contributed by atoms with Gasteiger partial charge in [-0.2, -0.15) is 13.2 Å². The van der Waals surface area contributed by atoms with Crippen LogP contribution in [0.4, 0.5) is 18.9 Å². The third kappa shape index (κ3) is 2.91. The van der Waals surface area contributed by atoms with Gasteiger partial charge in [-0.1, -0.05) is 0 Å². The first-order valence-corrected chi connectivity index (χ1v) is 5.64. The zero-order valence-corrected chi connectivity index (χ0v) is 9.37. The van der Waals surface area contributed by atoms with Gasteiger partial charge in [-0.15, -0.1) is 0 Å². The Morgan fingerprint density at radius 2 is 1.82 bits per heavy atom. The smallest absolute Gasteiger partial charge is 0.370 e. The fourth-order valence-corrected chi connectivity index (χ4v) is 2.11. The highest BCUT2D eigenvalue weighted by Gasteiger charge is 2.30. The van der Waals surface area contributed by atoms with Crippen molar-refractivity contribution in [2.24, 2.45) is 5.73 Å². The van der Waals surface area contributed by atoms with Gasteiger partial charge in [0.25, 0.3) is 0 Å². The number of halogens is 3. The molecule has 1 aliphatic rings. The molecule has 0 aromatic heterocycles. The molecule has 1 heterocycles. The highest BCUT2D eigenvalue weighted by molar-refractivity contribution is 5.48. The van der Waals surface area contributed by atoms with Crippen LogP contribution >= 0.6 is 0 Å². The van der Waals surface area contributed by atoms with Crippen molar-refractivity contribution in [3.05, 3.63) is 29.8 Å². The predicted molar refractivity (Wildman–Crippen MR) is 60.9 cm³/mol. The number of nitrogens with two attached hydrogens (primary N) is 1. The van der Waals surface area contributed by atoms with Gasteiger partial charge < -0.3 is 10.6 Å². The molecule has 1 aromatic rings. The van der Waals surface area contributed by atoms with Crippen LogP contribution in [0, 0.1) is 0 Å². The lowest BCUT2D eigenvalue weighted by atomic mass is 10.1. The van der Waals surface area contributed by atoms with E-state index in [4.69, 9.17) is 5.73 Å². The molecular weight excluding hydrogens is 229 g/mol. The van der Waals surface area contributed by atoms with E-state index in [1.165, 1.54) is 12.1 Å². The second kappa shape index (κ2) is 4.56. The van der Waals surface area contributed by atoms with Gasteiger partial charge in [-0.05, 0) is 37.1 Å². The summed E-state index contributed by atoms with van der Waals surface area (Å²) >= 11 is 0. The summed E-state index contributed by atoms with van der Waals surface area (Å²) in [5.41, 5.74) is 6.04. The van der Waals surface area contributed by atoms with E-state index in [0.29, 0.717) is 6.54 Å². The van der Waals surface area contributed by atoms with Crippen LogP contribution in [0.2, 0.25) is 0 Å². The summed E-state index contributed by atoms with van der Waals surface area (Å²) in [6, 6.07) is 5.39. The van der Waals surface area contributed by atoms with Crippen LogP contribution in [0.25, 0.3) is 0 Å². The second-order valence-corrected chi connectivity index (χ2v) is 4.39. The van der Waals surface area contributed by atoms with Crippen LogP contribution in [0.3, 0.4) is 0 Å². The molecule has 5 heteroatoms. The molecule has 1 atom stereocenters. The van der Waals surface area contributed by atoms with E-state index in [1.54, 1.807) is 0 Å². The van der Waals surface area contributed by atoms with Crippen LogP contribution in [0.1, 0.15) is 18.4 Å². The molecule has 1 saturated heterocycles. The number of piperidine rings is 1. The molecule has 1 aromatic carbocycles. The fraction of sp³-hybridized carbons (Fsp3) is 0.500. The van der Waals surface area contributed by atoms with E-state index in [0.717, 1.165) is 37.2 Å². The Morgan fingerprint density at radius 3 is 2.35 bits per heavy atom. The minimum Gasteiger partial charge on any atom is -0.370 e. The van der Waals surface area contributed by atoms with E-state index in [-0.39, 0.29) is 6.04 Å². The van der Waals surface area contributed by atoms with Gasteiger partial charge in [0.1, 0.15) is 0 Å². The lowest BCUT2D eigenvalue weighted by molar-refractivity contribution is -0.137. The van der Waals surface area contributed by atoms with Crippen molar-refractivity contribution in [1.82, 2.24) is 0 Å². The molecule has 0 bridgehead atoms. The zero-order chi connectivity index (χ0) is 12.5. The summed E-state index contributed by atoms with van der Waals surface area (Å²) in [4.78, 5) is 2.04. The third-order valence-electron chi connectivity index (χ3n) is 3.02. The second-order valence-electron chi connectivity index (χ2n) is 4.39. The standard InChI is InChI=1S/C12H15F3N2/c13-12(14,15)9-3-5-11(6-4-9)17-7-1-2-10(16)8-17/h3-6,10H,1-2,7-8,16H2/t10-/m0/s1. The first-order valence-electron chi connectivity index (χ1n) is 5.64. The van der Waals surface area contributed by atoms with Crippen molar-refractivity contribution in [2.45, 2.75) is 25.1 Å². The number of hydrogen-bond donors (Lipinski definition) is 1. The molecule has 0 saturated carbocycles. The Hall–Kier alpha value is -1.23. The van der Waals surface area contributed by atoms with Gasteiger partial charge >= 0.3 is 6.18 Å². The van der Waals surface area contributed by atoms with Crippen molar-refractivity contribution < 1.29 is 13.2 Å². The summed E-state index contributed by atoms with van der Waals surface area (Å²) in [5.74, 6) is 0. The van der Waals surface area contributed by atoms with Crippen LogP contribution in [-0.4, -0.2) is 19.1 Å². The van der Waals surface area contributed by atoms with Crippen molar-refractivity contribution in [1.29, 1.82) is 0 Å². The maximum Gasteiger partial charge on any atom is 0.416 e. The van der Waals surface area contributed by atoms with E-state index >= 15 is 0 Å². The van der Waals surface area contributed by atoms with Gasteiger partial charge in [0.05, 0.1) is 5.56 Å². The summed E-state index contributed by atoms with van der Waals surface area (Å²) < 4.78 is 37.2. The highest BCUT2D eigenvalue weighted by Crippen LogP contribution is 2.30. The van der Waals surface area contributed by atoms with E-state index in [2.05, 4.69) is 0 Å². The Kier molecular flexibility index (Phi) is 3.28. The van der Waals surface area contributed by atoms with Crippen LogP contribution in [-0.2, 0) is 6.18 Å². The fourth-order valence-electron chi connectivity index (χ4n) is 2.11. The van der Waals surface area contributed by atoms with E-state index in [9.17, 15) is 13.2 Å². The molecule has 94 valence electrons. The average molecular weight is 244 g/mol. The van der Waals surface area contributed by atoms with Crippen molar-refractivity contribution in [3.8, 4) is 0 Å².